The number of H-pyrrole nitrogens is 1. The van der Waals surface area contributed by atoms with E-state index in [1.807, 2.05) is 47.0 Å². The molecule has 2 heterocycles. The molecule has 5 rings (SSSR count). The van der Waals surface area contributed by atoms with E-state index in [2.05, 4.69) is 57.5 Å². The van der Waals surface area contributed by atoms with Crippen LogP contribution in [0.4, 0.5) is 13.2 Å². The van der Waals surface area contributed by atoms with Gasteiger partial charge in [0.1, 0.15) is 6.33 Å². The summed E-state index contributed by atoms with van der Waals surface area (Å²) in [6.45, 7) is 2.07. The van der Waals surface area contributed by atoms with Gasteiger partial charge in [-0.05, 0) is 54.8 Å². The van der Waals surface area contributed by atoms with E-state index in [-0.39, 0.29) is 11.9 Å². The van der Waals surface area contributed by atoms with Gasteiger partial charge in [0.25, 0.3) is 5.91 Å². The van der Waals surface area contributed by atoms with Gasteiger partial charge in [-0.2, -0.15) is 13.2 Å². The zero-order chi connectivity index (χ0) is 28.7. The van der Waals surface area contributed by atoms with Gasteiger partial charge in [-0.1, -0.05) is 42.5 Å². The number of benzene rings is 3. The van der Waals surface area contributed by atoms with Gasteiger partial charge in [-0.15, -0.1) is 0 Å². The summed E-state index contributed by atoms with van der Waals surface area (Å²) in [5.41, 5.74) is 6.76. The molecule has 0 saturated carbocycles. The molecule has 0 saturated heterocycles. The van der Waals surface area contributed by atoms with Crippen molar-refractivity contribution in [1.29, 1.82) is 0 Å². The lowest BCUT2D eigenvalue weighted by Crippen LogP contribution is -2.38. The molecule has 0 bridgehead atoms. The zero-order valence-corrected chi connectivity index (χ0v) is 21.4. The highest BCUT2D eigenvalue weighted by Gasteiger charge is 2.38. The molecular formula is C29H26F3N5O3. The predicted molar refractivity (Wildman–Crippen MR) is 143 cm³/mol. The second kappa shape index (κ2) is 12.3. The minimum atomic E-state index is -5.08. The number of nitrogens with one attached hydrogen (secondary N) is 2. The van der Waals surface area contributed by atoms with Crippen molar-refractivity contribution in [3.05, 3.63) is 114 Å². The van der Waals surface area contributed by atoms with Crippen molar-refractivity contribution >= 4 is 22.9 Å². The number of carbonyl (C=O) groups excluding carboxylic acids is 1. The lowest BCUT2D eigenvalue weighted by molar-refractivity contribution is -0.192. The van der Waals surface area contributed by atoms with Gasteiger partial charge < -0.3 is 15.4 Å². The molecule has 2 aromatic heterocycles. The van der Waals surface area contributed by atoms with Crippen molar-refractivity contribution in [2.45, 2.75) is 32.0 Å². The number of aliphatic carboxylic acids is 1. The Labute approximate surface area is 227 Å². The third-order valence-corrected chi connectivity index (χ3v) is 6.01. The first-order valence-corrected chi connectivity index (χ1v) is 12.3. The molecule has 0 fully saturated rings. The fourth-order valence-corrected chi connectivity index (χ4v) is 4.14. The summed E-state index contributed by atoms with van der Waals surface area (Å²) in [5, 5.41) is 10.3. The molecule has 1 unspecified atom stereocenters. The molecule has 11 heteroatoms. The third-order valence-electron chi connectivity index (χ3n) is 6.01. The Bertz CT molecular complexity index is 1580. The molecule has 1 atom stereocenters. The van der Waals surface area contributed by atoms with Gasteiger partial charge in [0, 0.05) is 35.6 Å². The van der Waals surface area contributed by atoms with Crippen molar-refractivity contribution in [3.8, 4) is 5.69 Å². The fraction of sp³-hybridized carbons (Fsp3) is 0.172. The number of carbonyl (C=O) groups is 2. The first-order chi connectivity index (χ1) is 19.1. The van der Waals surface area contributed by atoms with Crippen LogP contribution in [-0.2, 0) is 17.6 Å². The normalized spacial score (nSPS) is 11.9. The molecule has 3 aromatic carbocycles. The van der Waals surface area contributed by atoms with Crippen LogP contribution in [0.1, 0.15) is 27.2 Å². The highest BCUT2D eigenvalue weighted by molar-refractivity contribution is 5.97. The van der Waals surface area contributed by atoms with E-state index in [0.717, 1.165) is 28.8 Å². The predicted octanol–water partition coefficient (Wildman–Crippen LogP) is 5.27. The van der Waals surface area contributed by atoms with E-state index in [1.165, 1.54) is 11.1 Å². The summed E-state index contributed by atoms with van der Waals surface area (Å²) in [4.78, 5) is 33.9. The maximum atomic E-state index is 13.2. The number of alkyl halides is 3. The quantitative estimate of drug-likeness (QED) is 0.256. The van der Waals surface area contributed by atoms with E-state index >= 15 is 0 Å². The summed E-state index contributed by atoms with van der Waals surface area (Å²) < 4.78 is 33.8. The number of aromatic nitrogens is 4. The van der Waals surface area contributed by atoms with Crippen LogP contribution in [0.5, 0.6) is 0 Å². The largest absolute Gasteiger partial charge is 0.490 e. The first-order valence-electron chi connectivity index (χ1n) is 12.3. The van der Waals surface area contributed by atoms with Crippen molar-refractivity contribution in [3.63, 3.8) is 0 Å². The van der Waals surface area contributed by atoms with Crippen LogP contribution < -0.4 is 5.32 Å². The summed E-state index contributed by atoms with van der Waals surface area (Å²) in [5.74, 6) is -2.87. The van der Waals surface area contributed by atoms with Crippen LogP contribution in [0.3, 0.4) is 0 Å². The maximum Gasteiger partial charge on any atom is 0.490 e. The summed E-state index contributed by atoms with van der Waals surface area (Å²) in [6.07, 6.45) is 1.58. The average Bonchev–Trinajstić information content (AvgIpc) is 3.58. The van der Waals surface area contributed by atoms with E-state index in [9.17, 15) is 18.0 Å². The van der Waals surface area contributed by atoms with E-state index in [0.29, 0.717) is 12.0 Å². The number of hydrogen-bond donors (Lipinski definition) is 3. The number of aryl methyl sites for hydroxylation is 1. The molecule has 40 heavy (non-hydrogen) atoms. The number of fused-ring (bicyclic) bond motifs is 1. The molecular weight excluding hydrogens is 523 g/mol. The maximum absolute atomic E-state index is 13.2. The van der Waals surface area contributed by atoms with Crippen LogP contribution in [0, 0.1) is 6.92 Å². The molecule has 206 valence electrons. The fourth-order valence-electron chi connectivity index (χ4n) is 4.14. The van der Waals surface area contributed by atoms with E-state index in [4.69, 9.17) is 9.90 Å². The molecule has 1 amide bonds. The molecule has 0 spiro atoms. The molecule has 5 aromatic rings. The average molecular weight is 550 g/mol. The summed E-state index contributed by atoms with van der Waals surface area (Å²) >= 11 is 0. The standard InChI is InChI=1S/C27H25N5O.C2HF3O2/c1-19-6-5-9-24(12-19)32-18-30-25-14-21(10-11-26(25)32)27(33)31-22(15-23-16-28-17-29-23)13-20-7-3-2-4-8-20;3-2(4,5)1(6)7/h2-12,14,16-18,22H,13,15H2,1H3,(H,28,29)(H,31,33);(H,6,7). The number of imidazole rings is 2. The Morgan fingerprint density at radius 3 is 2.42 bits per heavy atom. The Morgan fingerprint density at radius 1 is 1.02 bits per heavy atom. The van der Waals surface area contributed by atoms with Gasteiger partial charge >= 0.3 is 12.1 Å². The van der Waals surface area contributed by atoms with Gasteiger partial charge in [-0.25, -0.2) is 14.8 Å². The van der Waals surface area contributed by atoms with Crippen molar-refractivity contribution in [1.82, 2.24) is 24.8 Å². The monoisotopic (exact) mass is 549 g/mol. The number of rotatable bonds is 7. The van der Waals surface area contributed by atoms with Crippen LogP contribution in [-0.4, -0.2) is 48.7 Å². The Kier molecular flexibility index (Phi) is 8.63. The number of nitrogens with zero attached hydrogens (tertiary/aromatic N) is 3. The number of hydrogen-bond acceptors (Lipinski definition) is 4. The van der Waals surface area contributed by atoms with Crippen LogP contribution in [0.2, 0.25) is 0 Å². The molecule has 0 aliphatic carbocycles. The highest BCUT2D eigenvalue weighted by atomic mass is 19.4. The Balaban J connectivity index is 0.000000470. The van der Waals surface area contributed by atoms with E-state index in [1.54, 1.807) is 18.9 Å². The molecule has 0 aliphatic heterocycles. The van der Waals surface area contributed by atoms with Gasteiger partial charge in [-0.3, -0.25) is 9.36 Å². The lowest BCUT2D eigenvalue weighted by atomic mass is 10.0. The van der Waals surface area contributed by atoms with Crippen molar-refractivity contribution in [2.24, 2.45) is 0 Å². The number of amides is 1. The lowest BCUT2D eigenvalue weighted by Gasteiger charge is -2.18. The van der Waals surface area contributed by atoms with Gasteiger partial charge in [0.2, 0.25) is 0 Å². The Morgan fingerprint density at radius 2 is 1.77 bits per heavy atom. The Hall–Kier alpha value is -4.93. The summed E-state index contributed by atoms with van der Waals surface area (Å²) in [7, 11) is 0. The van der Waals surface area contributed by atoms with Crippen molar-refractivity contribution in [2.75, 3.05) is 0 Å². The molecule has 3 N–H and O–H groups in total. The summed E-state index contributed by atoms with van der Waals surface area (Å²) in [6, 6.07) is 24.1. The SMILES string of the molecule is Cc1cccc(-n2cnc3cc(C(=O)NC(Cc4ccccc4)Cc4cnc[nH]4)ccc32)c1.O=C(O)C(F)(F)F. The zero-order valence-electron chi connectivity index (χ0n) is 21.4. The van der Waals surface area contributed by atoms with Gasteiger partial charge in [0.15, 0.2) is 0 Å². The molecule has 0 aliphatic rings. The smallest absolute Gasteiger partial charge is 0.475 e. The second-order valence-corrected chi connectivity index (χ2v) is 9.10. The second-order valence-electron chi connectivity index (χ2n) is 9.10. The number of carboxylic acid groups (broad SMARTS) is 1. The van der Waals surface area contributed by atoms with Crippen LogP contribution in [0.15, 0.2) is 91.6 Å². The first kappa shape index (κ1) is 28.1. The minimum Gasteiger partial charge on any atom is -0.475 e. The minimum absolute atomic E-state index is 0.0686. The van der Waals surface area contributed by atoms with E-state index < -0.39 is 12.1 Å². The van der Waals surface area contributed by atoms with Gasteiger partial charge in [0.05, 0.1) is 17.4 Å². The van der Waals surface area contributed by atoms with Crippen LogP contribution >= 0.6 is 0 Å². The molecule has 8 nitrogen and oxygen atoms in total. The third kappa shape index (κ3) is 7.34. The van der Waals surface area contributed by atoms with Crippen LogP contribution in [0.25, 0.3) is 16.7 Å². The molecule has 0 radical (unpaired) electrons. The number of aromatic amines is 1. The number of carboxylic acids is 1. The highest BCUT2D eigenvalue weighted by Crippen LogP contribution is 2.21. The van der Waals surface area contributed by atoms with Crippen molar-refractivity contribution < 1.29 is 27.9 Å². The topological polar surface area (TPSA) is 113 Å². The number of halogens is 3.